The molecule has 1 atom stereocenters. The Kier molecular flexibility index (Phi) is 4.24. The van der Waals surface area contributed by atoms with Crippen LogP contribution in [0.3, 0.4) is 0 Å². The number of hydrogen-bond donors (Lipinski definition) is 1. The summed E-state index contributed by atoms with van der Waals surface area (Å²) in [5.41, 5.74) is -0.334. The molecule has 0 fully saturated rings. The molecule has 0 radical (unpaired) electrons. The lowest BCUT2D eigenvalue weighted by Gasteiger charge is -2.25. The second kappa shape index (κ2) is 4.45. The lowest BCUT2D eigenvalue weighted by atomic mass is 9.91. The topological polar surface area (TPSA) is 46.5 Å². The normalized spacial score (nSPS) is 14.3. The van der Waals surface area contributed by atoms with E-state index in [1.165, 1.54) is 0 Å². The molecule has 0 aromatic heterocycles. The van der Waals surface area contributed by atoms with E-state index in [-0.39, 0.29) is 11.5 Å². The maximum atomic E-state index is 10.7. The summed E-state index contributed by atoms with van der Waals surface area (Å²) < 4.78 is 5.16. The molecule has 3 heteroatoms. The van der Waals surface area contributed by atoms with Crippen LogP contribution in [-0.2, 0) is 9.53 Å². The minimum atomic E-state index is -0.734. The Balaban J connectivity index is 4.11. The maximum absolute atomic E-state index is 10.7. The fourth-order valence-corrected chi connectivity index (χ4v) is 1.08. The summed E-state index contributed by atoms with van der Waals surface area (Å²) in [7, 11) is 1.61. The van der Waals surface area contributed by atoms with Crippen LogP contribution < -0.4 is 0 Å². The number of hydrogen-bond acceptors (Lipinski definition) is 2. The number of carboxylic acids is 1. The van der Waals surface area contributed by atoms with Crippen molar-refractivity contribution in [3.8, 4) is 0 Å². The average Bonchev–Trinajstić information content (AvgIpc) is 2.00. The van der Waals surface area contributed by atoms with Crippen molar-refractivity contribution in [1.82, 2.24) is 0 Å². The number of aliphatic carboxylic acids is 1. The van der Waals surface area contributed by atoms with E-state index in [9.17, 15) is 4.79 Å². The van der Waals surface area contributed by atoms with Crippen molar-refractivity contribution in [2.75, 3.05) is 7.11 Å². The standard InChI is InChI=1S/C9H18O3/c1-5-7(8(10)11)6-9(2,3)12-4/h7H,5-6H2,1-4H3,(H,10,11). The first-order chi connectivity index (χ1) is 5.43. The van der Waals surface area contributed by atoms with Gasteiger partial charge in [0.25, 0.3) is 0 Å². The molecule has 0 aromatic rings. The van der Waals surface area contributed by atoms with Gasteiger partial charge in [-0.05, 0) is 26.7 Å². The van der Waals surface area contributed by atoms with Gasteiger partial charge in [-0.15, -0.1) is 0 Å². The summed E-state index contributed by atoms with van der Waals surface area (Å²) in [6.45, 7) is 5.68. The maximum Gasteiger partial charge on any atom is 0.306 e. The third kappa shape index (κ3) is 3.72. The fourth-order valence-electron chi connectivity index (χ4n) is 1.08. The van der Waals surface area contributed by atoms with Gasteiger partial charge in [-0.25, -0.2) is 0 Å². The summed E-state index contributed by atoms with van der Waals surface area (Å²) in [5, 5.41) is 8.78. The molecule has 0 aliphatic heterocycles. The van der Waals surface area contributed by atoms with E-state index < -0.39 is 5.97 Å². The Morgan fingerprint density at radius 3 is 2.33 bits per heavy atom. The van der Waals surface area contributed by atoms with Crippen LogP contribution in [0.4, 0.5) is 0 Å². The monoisotopic (exact) mass is 174 g/mol. The van der Waals surface area contributed by atoms with Crippen LogP contribution in [0.15, 0.2) is 0 Å². The quantitative estimate of drug-likeness (QED) is 0.692. The van der Waals surface area contributed by atoms with E-state index >= 15 is 0 Å². The van der Waals surface area contributed by atoms with Crippen LogP contribution in [0, 0.1) is 5.92 Å². The van der Waals surface area contributed by atoms with Crippen LogP contribution in [0.25, 0.3) is 0 Å². The average molecular weight is 174 g/mol. The number of carbonyl (C=O) groups is 1. The summed E-state index contributed by atoms with van der Waals surface area (Å²) in [4.78, 5) is 10.7. The molecule has 1 unspecified atom stereocenters. The molecule has 0 saturated heterocycles. The van der Waals surface area contributed by atoms with Crippen molar-refractivity contribution in [1.29, 1.82) is 0 Å². The Labute approximate surface area is 73.7 Å². The first-order valence-electron chi connectivity index (χ1n) is 4.21. The molecule has 0 rings (SSSR count). The highest BCUT2D eigenvalue weighted by atomic mass is 16.5. The Morgan fingerprint density at radius 2 is 2.08 bits per heavy atom. The summed E-state index contributed by atoms with van der Waals surface area (Å²) in [5.74, 6) is -1.03. The SMILES string of the molecule is CCC(CC(C)(C)OC)C(=O)O. The van der Waals surface area contributed by atoms with Gasteiger partial charge in [0.15, 0.2) is 0 Å². The number of rotatable bonds is 5. The minimum Gasteiger partial charge on any atom is -0.481 e. The second-order valence-corrected chi connectivity index (χ2v) is 3.61. The zero-order valence-electron chi connectivity index (χ0n) is 8.26. The lowest BCUT2D eigenvalue weighted by molar-refractivity contribution is -0.144. The summed E-state index contributed by atoms with van der Waals surface area (Å²) in [6, 6.07) is 0. The predicted octanol–water partition coefficient (Wildman–Crippen LogP) is 1.91. The van der Waals surface area contributed by atoms with Gasteiger partial charge in [-0.1, -0.05) is 6.92 Å². The van der Waals surface area contributed by atoms with Crippen molar-refractivity contribution in [2.45, 2.75) is 39.2 Å². The van der Waals surface area contributed by atoms with E-state index in [4.69, 9.17) is 9.84 Å². The first-order valence-corrected chi connectivity index (χ1v) is 4.21. The van der Waals surface area contributed by atoms with Gasteiger partial charge in [-0.2, -0.15) is 0 Å². The molecule has 0 spiro atoms. The van der Waals surface area contributed by atoms with Gasteiger partial charge < -0.3 is 9.84 Å². The molecule has 0 aromatic carbocycles. The van der Waals surface area contributed by atoms with Crippen molar-refractivity contribution in [3.63, 3.8) is 0 Å². The molecule has 0 amide bonds. The van der Waals surface area contributed by atoms with Gasteiger partial charge in [-0.3, -0.25) is 4.79 Å². The largest absolute Gasteiger partial charge is 0.481 e. The third-order valence-corrected chi connectivity index (χ3v) is 2.13. The Morgan fingerprint density at radius 1 is 1.58 bits per heavy atom. The lowest BCUT2D eigenvalue weighted by Crippen LogP contribution is -2.29. The van der Waals surface area contributed by atoms with Crippen molar-refractivity contribution < 1.29 is 14.6 Å². The number of methoxy groups -OCH3 is 1. The van der Waals surface area contributed by atoms with Crippen LogP contribution >= 0.6 is 0 Å². The summed E-state index contributed by atoms with van der Waals surface area (Å²) in [6.07, 6.45) is 1.22. The highest BCUT2D eigenvalue weighted by Gasteiger charge is 2.25. The van der Waals surface area contributed by atoms with Gasteiger partial charge in [0.2, 0.25) is 0 Å². The second-order valence-electron chi connectivity index (χ2n) is 3.61. The highest BCUT2D eigenvalue weighted by Crippen LogP contribution is 2.21. The highest BCUT2D eigenvalue weighted by molar-refractivity contribution is 5.69. The van der Waals surface area contributed by atoms with E-state index in [0.717, 1.165) is 0 Å². The van der Waals surface area contributed by atoms with E-state index in [1.807, 2.05) is 20.8 Å². The number of ether oxygens (including phenoxy) is 1. The number of carboxylic acid groups (broad SMARTS) is 1. The van der Waals surface area contributed by atoms with Crippen LogP contribution in [0.2, 0.25) is 0 Å². The van der Waals surface area contributed by atoms with E-state index in [0.29, 0.717) is 12.8 Å². The van der Waals surface area contributed by atoms with Crippen molar-refractivity contribution in [2.24, 2.45) is 5.92 Å². The molecule has 1 N–H and O–H groups in total. The Hall–Kier alpha value is -0.570. The molecule has 0 saturated carbocycles. The van der Waals surface area contributed by atoms with Gasteiger partial charge in [0, 0.05) is 7.11 Å². The molecular weight excluding hydrogens is 156 g/mol. The predicted molar refractivity (Wildman–Crippen MR) is 47.1 cm³/mol. The van der Waals surface area contributed by atoms with E-state index in [1.54, 1.807) is 7.11 Å². The zero-order valence-corrected chi connectivity index (χ0v) is 8.26. The molecule has 0 aliphatic rings. The molecule has 0 bridgehead atoms. The molecular formula is C9H18O3. The van der Waals surface area contributed by atoms with Gasteiger partial charge in [0.05, 0.1) is 11.5 Å². The van der Waals surface area contributed by atoms with E-state index in [2.05, 4.69) is 0 Å². The molecule has 12 heavy (non-hydrogen) atoms. The summed E-state index contributed by atoms with van der Waals surface area (Å²) >= 11 is 0. The van der Waals surface area contributed by atoms with Crippen LogP contribution in [0.5, 0.6) is 0 Å². The molecule has 0 aliphatic carbocycles. The minimum absolute atomic E-state index is 0.292. The zero-order chi connectivity index (χ0) is 9.78. The van der Waals surface area contributed by atoms with Crippen molar-refractivity contribution >= 4 is 5.97 Å². The Bertz CT molecular complexity index is 152. The van der Waals surface area contributed by atoms with Gasteiger partial charge >= 0.3 is 5.97 Å². The fraction of sp³-hybridized carbons (Fsp3) is 0.889. The smallest absolute Gasteiger partial charge is 0.306 e. The third-order valence-electron chi connectivity index (χ3n) is 2.13. The van der Waals surface area contributed by atoms with Crippen LogP contribution in [0.1, 0.15) is 33.6 Å². The van der Waals surface area contributed by atoms with Crippen molar-refractivity contribution in [3.05, 3.63) is 0 Å². The molecule has 72 valence electrons. The first kappa shape index (κ1) is 11.4. The molecule has 0 heterocycles. The van der Waals surface area contributed by atoms with Crippen LogP contribution in [-0.4, -0.2) is 23.8 Å². The van der Waals surface area contributed by atoms with Gasteiger partial charge in [0.1, 0.15) is 0 Å². The molecule has 3 nitrogen and oxygen atoms in total.